The molecule has 0 N–H and O–H groups in total. The average molecular weight is 343 g/mol. The Kier molecular flexibility index (Phi) is 4.00. The van der Waals surface area contributed by atoms with E-state index in [-0.39, 0.29) is 11.1 Å². The number of anilines is 1. The van der Waals surface area contributed by atoms with E-state index < -0.39 is 17.1 Å². The van der Waals surface area contributed by atoms with Crippen molar-refractivity contribution in [3.8, 4) is 0 Å². The Morgan fingerprint density at radius 1 is 1.39 bits per heavy atom. The Morgan fingerprint density at radius 3 is 2.83 bits per heavy atom. The van der Waals surface area contributed by atoms with E-state index in [1.807, 2.05) is 0 Å². The minimum atomic E-state index is -4.53. The van der Waals surface area contributed by atoms with E-state index >= 15 is 0 Å². The van der Waals surface area contributed by atoms with Crippen LogP contribution in [0, 0.1) is 0 Å². The van der Waals surface area contributed by atoms with E-state index in [4.69, 9.17) is 0 Å². The van der Waals surface area contributed by atoms with Gasteiger partial charge in [0.1, 0.15) is 5.69 Å². The van der Waals surface area contributed by atoms with Crippen LogP contribution in [0.25, 0.3) is 0 Å². The average Bonchev–Trinajstić information content (AvgIpc) is 3.06. The third-order valence-electron chi connectivity index (χ3n) is 3.33. The van der Waals surface area contributed by atoms with Crippen molar-refractivity contribution in [2.75, 3.05) is 11.4 Å². The number of hydrogen-bond donors (Lipinski definition) is 0. The van der Waals surface area contributed by atoms with Crippen molar-refractivity contribution in [3.05, 3.63) is 30.4 Å². The minimum absolute atomic E-state index is 0.0498. The summed E-state index contributed by atoms with van der Waals surface area (Å²) in [7, 11) is 1.74. The molecule has 1 fully saturated rings. The monoisotopic (exact) mass is 343 g/mol. The van der Waals surface area contributed by atoms with E-state index in [1.54, 1.807) is 29.0 Å². The van der Waals surface area contributed by atoms with Crippen LogP contribution in [-0.4, -0.2) is 37.5 Å². The molecule has 1 unspecified atom stereocenters. The minimum Gasteiger partial charge on any atom is -0.308 e. The van der Waals surface area contributed by atoms with Crippen LogP contribution < -0.4 is 4.90 Å². The second-order valence-electron chi connectivity index (χ2n) is 4.98. The van der Waals surface area contributed by atoms with E-state index in [2.05, 4.69) is 15.1 Å². The predicted octanol–water partition coefficient (Wildman–Crippen LogP) is 2.13. The molecule has 23 heavy (non-hydrogen) atoms. The SMILES string of the molecule is Cn1cc(N2CCC(Sc3nccc(C(F)(F)F)n3)C2=O)cn1. The summed E-state index contributed by atoms with van der Waals surface area (Å²) in [6, 6.07) is 0.808. The highest BCUT2D eigenvalue weighted by atomic mass is 32.2. The summed E-state index contributed by atoms with van der Waals surface area (Å²) in [6.07, 6.45) is 0.325. The van der Waals surface area contributed by atoms with Gasteiger partial charge in [0, 0.05) is 26.0 Å². The van der Waals surface area contributed by atoms with Crippen LogP contribution in [0.2, 0.25) is 0 Å². The van der Waals surface area contributed by atoms with Gasteiger partial charge >= 0.3 is 6.18 Å². The van der Waals surface area contributed by atoms with Crippen LogP contribution in [0.15, 0.2) is 29.8 Å². The number of carbonyl (C=O) groups is 1. The molecule has 0 spiro atoms. The summed E-state index contributed by atoms with van der Waals surface area (Å²) >= 11 is 0.954. The number of aromatic nitrogens is 4. The van der Waals surface area contributed by atoms with Crippen LogP contribution >= 0.6 is 11.8 Å². The lowest BCUT2D eigenvalue weighted by molar-refractivity contribution is -0.141. The molecular weight excluding hydrogens is 331 g/mol. The highest BCUT2D eigenvalue weighted by molar-refractivity contribution is 8.00. The number of aryl methyl sites for hydroxylation is 1. The number of rotatable bonds is 3. The van der Waals surface area contributed by atoms with Crippen molar-refractivity contribution in [1.82, 2.24) is 19.7 Å². The third kappa shape index (κ3) is 3.31. The highest BCUT2D eigenvalue weighted by Crippen LogP contribution is 2.33. The fourth-order valence-corrected chi connectivity index (χ4v) is 3.23. The second kappa shape index (κ2) is 5.84. The van der Waals surface area contributed by atoms with Gasteiger partial charge in [0.25, 0.3) is 0 Å². The standard InChI is InChI=1S/C13H12F3N5OS/c1-20-7-8(6-18-20)21-5-3-9(11(21)22)23-12-17-4-2-10(19-12)13(14,15)16/h2,4,6-7,9H,3,5H2,1H3. The Balaban J connectivity index is 1.73. The van der Waals surface area contributed by atoms with Crippen molar-refractivity contribution < 1.29 is 18.0 Å². The smallest absolute Gasteiger partial charge is 0.308 e. The van der Waals surface area contributed by atoms with Crippen LogP contribution in [0.5, 0.6) is 0 Å². The van der Waals surface area contributed by atoms with Crippen molar-refractivity contribution in [3.63, 3.8) is 0 Å². The molecule has 0 aromatic carbocycles. The Bertz CT molecular complexity index is 732. The topological polar surface area (TPSA) is 63.9 Å². The Labute approximate surface area is 133 Å². The summed E-state index contributed by atoms with van der Waals surface area (Å²) in [5.74, 6) is -0.177. The Hall–Kier alpha value is -2.10. The lowest BCUT2D eigenvalue weighted by atomic mass is 10.4. The lowest BCUT2D eigenvalue weighted by Gasteiger charge is -2.14. The molecule has 1 aliphatic rings. The summed E-state index contributed by atoms with van der Waals surface area (Å²) in [5.41, 5.74) is -0.338. The van der Waals surface area contributed by atoms with Gasteiger partial charge in [-0.3, -0.25) is 9.48 Å². The zero-order valence-corrected chi connectivity index (χ0v) is 12.8. The molecule has 10 heteroatoms. The van der Waals surface area contributed by atoms with Crippen LogP contribution in [0.3, 0.4) is 0 Å². The van der Waals surface area contributed by atoms with E-state index in [9.17, 15) is 18.0 Å². The fraction of sp³-hybridized carbons (Fsp3) is 0.385. The highest BCUT2D eigenvalue weighted by Gasteiger charge is 2.36. The molecular formula is C13H12F3N5OS. The maximum absolute atomic E-state index is 12.7. The molecule has 122 valence electrons. The van der Waals surface area contributed by atoms with Crippen molar-refractivity contribution in [2.45, 2.75) is 23.0 Å². The number of carbonyl (C=O) groups excluding carboxylic acids is 1. The van der Waals surface area contributed by atoms with Gasteiger partial charge in [-0.15, -0.1) is 0 Å². The number of thioether (sulfide) groups is 1. The normalized spacial score (nSPS) is 18.7. The molecule has 3 rings (SSSR count). The van der Waals surface area contributed by atoms with Gasteiger partial charge in [-0.25, -0.2) is 9.97 Å². The number of halogens is 3. The molecule has 0 bridgehead atoms. The number of alkyl halides is 3. The molecule has 6 nitrogen and oxygen atoms in total. The maximum atomic E-state index is 12.7. The summed E-state index contributed by atoms with van der Waals surface area (Å²) in [5, 5.41) is 3.46. The van der Waals surface area contributed by atoms with Crippen LogP contribution in [0.1, 0.15) is 12.1 Å². The van der Waals surface area contributed by atoms with Gasteiger partial charge in [-0.05, 0) is 12.5 Å². The zero-order valence-electron chi connectivity index (χ0n) is 12.0. The molecule has 3 heterocycles. The molecule has 0 aliphatic carbocycles. The van der Waals surface area contributed by atoms with Gasteiger partial charge in [0.2, 0.25) is 5.91 Å². The largest absolute Gasteiger partial charge is 0.433 e. The first-order valence-electron chi connectivity index (χ1n) is 6.71. The van der Waals surface area contributed by atoms with Gasteiger partial charge in [-0.1, -0.05) is 11.8 Å². The molecule has 1 atom stereocenters. The first-order valence-corrected chi connectivity index (χ1v) is 7.59. The van der Waals surface area contributed by atoms with E-state index in [0.717, 1.165) is 24.0 Å². The molecule has 1 saturated heterocycles. The zero-order chi connectivity index (χ0) is 16.6. The van der Waals surface area contributed by atoms with Gasteiger partial charge < -0.3 is 4.90 Å². The van der Waals surface area contributed by atoms with Crippen molar-refractivity contribution in [1.29, 1.82) is 0 Å². The summed E-state index contributed by atoms with van der Waals surface area (Å²) in [4.78, 5) is 21.3. The summed E-state index contributed by atoms with van der Waals surface area (Å²) < 4.78 is 39.6. The predicted molar refractivity (Wildman–Crippen MR) is 76.9 cm³/mol. The fourth-order valence-electron chi connectivity index (χ4n) is 2.25. The first kappa shape index (κ1) is 15.8. The summed E-state index contributed by atoms with van der Waals surface area (Å²) in [6.45, 7) is 0.487. The Morgan fingerprint density at radius 2 is 2.17 bits per heavy atom. The molecule has 1 amide bonds. The quantitative estimate of drug-likeness (QED) is 0.799. The maximum Gasteiger partial charge on any atom is 0.433 e. The van der Waals surface area contributed by atoms with Crippen LogP contribution in [0.4, 0.5) is 18.9 Å². The molecule has 0 radical (unpaired) electrons. The number of nitrogens with zero attached hydrogens (tertiary/aromatic N) is 5. The molecule has 2 aromatic rings. The van der Waals surface area contributed by atoms with Crippen molar-refractivity contribution >= 4 is 23.4 Å². The second-order valence-corrected chi connectivity index (χ2v) is 6.15. The van der Waals surface area contributed by atoms with Gasteiger partial charge in [0.05, 0.1) is 17.1 Å². The van der Waals surface area contributed by atoms with Crippen molar-refractivity contribution in [2.24, 2.45) is 7.05 Å². The van der Waals surface area contributed by atoms with Gasteiger partial charge in [0.15, 0.2) is 5.16 Å². The molecule has 0 saturated carbocycles. The lowest BCUT2D eigenvalue weighted by Crippen LogP contribution is -2.27. The molecule has 1 aliphatic heterocycles. The number of hydrogen-bond acceptors (Lipinski definition) is 5. The third-order valence-corrected chi connectivity index (χ3v) is 4.46. The van der Waals surface area contributed by atoms with E-state index in [0.29, 0.717) is 18.7 Å². The number of amides is 1. The van der Waals surface area contributed by atoms with Gasteiger partial charge in [-0.2, -0.15) is 18.3 Å². The first-order chi connectivity index (χ1) is 10.8. The van der Waals surface area contributed by atoms with Crippen LogP contribution in [-0.2, 0) is 18.0 Å². The molecule has 2 aromatic heterocycles. The van der Waals surface area contributed by atoms with E-state index in [1.165, 1.54) is 0 Å².